The quantitative estimate of drug-likeness (QED) is 0.176. The van der Waals surface area contributed by atoms with Crippen molar-refractivity contribution in [1.29, 1.82) is 0 Å². The van der Waals surface area contributed by atoms with Crippen molar-refractivity contribution in [1.82, 2.24) is 14.2 Å². The van der Waals surface area contributed by atoms with Gasteiger partial charge in [-0.3, -0.25) is 4.79 Å². The van der Waals surface area contributed by atoms with Crippen LogP contribution < -0.4 is 10.3 Å². The van der Waals surface area contributed by atoms with E-state index in [1.54, 1.807) is 19.4 Å². The van der Waals surface area contributed by atoms with E-state index in [0.717, 1.165) is 55.2 Å². The first-order valence-electron chi connectivity index (χ1n) is 14.3. The standard InChI is InChI=1S/C36H33ClN4O2/c1-22(2)28-19-29(23(3)18-34(28)43-5)35-39-32-16-10-7-14-27(32)36(42)41(35)38-20-30-24(4)40(33-17-11-8-13-26(30)33)21-25-12-6-9-15-31(25)37/h6-20,22H,21H2,1-5H3. The van der Waals surface area contributed by atoms with Gasteiger partial charge in [0.05, 0.1) is 24.2 Å². The molecule has 7 heteroatoms. The summed E-state index contributed by atoms with van der Waals surface area (Å²) in [5.41, 5.74) is 7.28. The molecule has 6 nitrogen and oxygen atoms in total. The molecule has 2 aromatic heterocycles. The summed E-state index contributed by atoms with van der Waals surface area (Å²) in [5, 5.41) is 7.14. The average molecular weight is 589 g/mol. The van der Waals surface area contributed by atoms with Crippen LogP contribution in [0.4, 0.5) is 0 Å². The third-order valence-electron chi connectivity index (χ3n) is 8.06. The second-order valence-corrected chi connectivity index (χ2v) is 11.5. The summed E-state index contributed by atoms with van der Waals surface area (Å²) in [6.45, 7) is 8.94. The van der Waals surface area contributed by atoms with Crippen molar-refractivity contribution in [2.45, 2.75) is 40.2 Å². The molecule has 0 aliphatic rings. The molecular formula is C36H33ClN4O2. The van der Waals surface area contributed by atoms with Crippen LogP contribution in [0.2, 0.25) is 5.02 Å². The van der Waals surface area contributed by atoms with Crippen molar-refractivity contribution < 1.29 is 4.74 Å². The van der Waals surface area contributed by atoms with Gasteiger partial charge in [-0.15, -0.1) is 0 Å². The van der Waals surface area contributed by atoms with Crippen molar-refractivity contribution in [3.63, 3.8) is 0 Å². The van der Waals surface area contributed by atoms with Crippen LogP contribution in [0, 0.1) is 13.8 Å². The number of halogens is 1. The van der Waals surface area contributed by atoms with Gasteiger partial charge in [-0.05, 0) is 72.9 Å². The maximum Gasteiger partial charge on any atom is 0.282 e. The lowest BCUT2D eigenvalue weighted by Gasteiger charge is -2.17. The Morgan fingerprint density at radius 2 is 1.65 bits per heavy atom. The van der Waals surface area contributed by atoms with Crippen LogP contribution in [0.1, 0.15) is 47.7 Å². The molecule has 0 N–H and O–H groups in total. The van der Waals surface area contributed by atoms with Gasteiger partial charge in [0.1, 0.15) is 5.75 Å². The van der Waals surface area contributed by atoms with Crippen LogP contribution in [0.5, 0.6) is 5.75 Å². The minimum Gasteiger partial charge on any atom is -0.496 e. The minimum atomic E-state index is -0.226. The van der Waals surface area contributed by atoms with Crippen LogP contribution in [0.3, 0.4) is 0 Å². The largest absolute Gasteiger partial charge is 0.496 e. The molecule has 6 aromatic rings. The minimum absolute atomic E-state index is 0.213. The highest BCUT2D eigenvalue weighted by molar-refractivity contribution is 6.31. The molecule has 43 heavy (non-hydrogen) atoms. The molecule has 2 heterocycles. The highest BCUT2D eigenvalue weighted by Crippen LogP contribution is 2.34. The molecule has 0 aliphatic heterocycles. The number of benzene rings is 4. The maximum absolute atomic E-state index is 14.0. The van der Waals surface area contributed by atoms with E-state index < -0.39 is 0 Å². The number of rotatable bonds is 7. The number of nitrogens with zero attached hydrogens (tertiary/aromatic N) is 4. The van der Waals surface area contributed by atoms with Crippen LogP contribution in [0.25, 0.3) is 33.2 Å². The van der Waals surface area contributed by atoms with Gasteiger partial charge in [0.15, 0.2) is 5.82 Å². The lowest BCUT2D eigenvalue weighted by Crippen LogP contribution is -2.21. The number of ether oxygens (including phenoxy) is 1. The Morgan fingerprint density at radius 3 is 2.40 bits per heavy atom. The number of fused-ring (bicyclic) bond motifs is 2. The van der Waals surface area contributed by atoms with E-state index in [9.17, 15) is 4.79 Å². The first-order valence-corrected chi connectivity index (χ1v) is 14.7. The highest BCUT2D eigenvalue weighted by Gasteiger charge is 2.19. The summed E-state index contributed by atoms with van der Waals surface area (Å²) in [4.78, 5) is 19.0. The highest BCUT2D eigenvalue weighted by atomic mass is 35.5. The number of methoxy groups -OCH3 is 1. The number of para-hydroxylation sites is 2. The number of hydrogen-bond donors (Lipinski definition) is 0. The molecule has 0 radical (unpaired) electrons. The third kappa shape index (κ3) is 5.12. The Balaban J connectivity index is 1.56. The average Bonchev–Trinajstić information content (AvgIpc) is 3.27. The molecule has 216 valence electrons. The summed E-state index contributed by atoms with van der Waals surface area (Å²) in [6.07, 6.45) is 1.78. The van der Waals surface area contributed by atoms with Gasteiger partial charge in [0.25, 0.3) is 5.56 Å². The fourth-order valence-electron chi connectivity index (χ4n) is 5.71. The molecule has 0 unspecified atom stereocenters. The predicted molar refractivity (Wildman–Crippen MR) is 177 cm³/mol. The smallest absolute Gasteiger partial charge is 0.282 e. The molecule has 0 fully saturated rings. The zero-order chi connectivity index (χ0) is 30.2. The molecule has 4 aromatic carbocycles. The van der Waals surface area contributed by atoms with Gasteiger partial charge in [-0.1, -0.05) is 74.0 Å². The predicted octanol–water partition coefficient (Wildman–Crippen LogP) is 8.35. The Bertz CT molecular complexity index is 2090. The number of aromatic nitrogens is 3. The molecule has 0 saturated heterocycles. The second kappa shape index (κ2) is 11.5. The van der Waals surface area contributed by atoms with Crippen molar-refractivity contribution in [2.24, 2.45) is 5.10 Å². The van der Waals surface area contributed by atoms with Gasteiger partial charge in [-0.2, -0.15) is 9.78 Å². The van der Waals surface area contributed by atoms with E-state index >= 15 is 0 Å². The molecule has 0 aliphatic carbocycles. The van der Waals surface area contributed by atoms with Gasteiger partial charge in [0, 0.05) is 39.3 Å². The first kappa shape index (κ1) is 28.4. The lowest BCUT2D eigenvalue weighted by molar-refractivity contribution is 0.407. The van der Waals surface area contributed by atoms with E-state index in [4.69, 9.17) is 26.4 Å². The molecule has 6 rings (SSSR count). The van der Waals surface area contributed by atoms with E-state index in [-0.39, 0.29) is 11.5 Å². The molecule has 0 saturated carbocycles. The van der Waals surface area contributed by atoms with Crippen LogP contribution in [-0.2, 0) is 6.54 Å². The maximum atomic E-state index is 14.0. The van der Waals surface area contributed by atoms with Crippen molar-refractivity contribution >= 4 is 39.6 Å². The van der Waals surface area contributed by atoms with Gasteiger partial charge < -0.3 is 9.30 Å². The van der Waals surface area contributed by atoms with Gasteiger partial charge in [-0.25, -0.2) is 4.98 Å². The van der Waals surface area contributed by atoms with Crippen LogP contribution >= 0.6 is 11.6 Å². The van der Waals surface area contributed by atoms with E-state index in [1.165, 1.54) is 4.68 Å². The number of aryl methyl sites for hydroxylation is 1. The molecule has 0 atom stereocenters. The third-order valence-corrected chi connectivity index (χ3v) is 8.43. The Labute approximate surface area is 255 Å². The fraction of sp³-hybridized carbons (Fsp3) is 0.194. The van der Waals surface area contributed by atoms with Crippen LogP contribution in [0.15, 0.2) is 94.8 Å². The lowest BCUT2D eigenvalue weighted by atomic mass is 9.96. The van der Waals surface area contributed by atoms with Gasteiger partial charge >= 0.3 is 0 Å². The molecule has 0 bridgehead atoms. The Hall–Kier alpha value is -4.68. The summed E-state index contributed by atoms with van der Waals surface area (Å²) in [6, 6.07) is 27.6. The molecular weight excluding hydrogens is 556 g/mol. The first-order chi connectivity index (χ1) is 20.8. The van der Waals surface area contributed by atoms with Gasteiger partial charge in [0.2, 0.25) is 0 Å². The SMILES string of the molecule is COc1cc(C)c(-c2nc3ccccc3c(=O)n2N=Cc2c(C)n(Cc3ccccc3Cl)c3ccccc23)cc1C(C)C. The van der Waals surface area contributed by atoms with E-state index in [0.29, 0.717) is 23.3 Å². The van der Waals surface area contributed by atoms with Crippen molar-refractivity contribution in [2.75, 3.05) is 7.11 Å². The topological polar surface area (TPSA) is 61.4 Å². The fourth-order valence-corrected chi connectivity index (χ4v) is 5.90. The van der Waals surface area contributed by atoms with E-state index in [1.807, 2.05) is 67.6 Å². The summed E-state index contributed by atoms with van der Waals surface area (Å²) in [5.74, 6) is 1.51. The Morgan fingerprint density at radius 1 is 0.953 bits per heavy atom. The Kier molecular flexibility index (Phi) is 7.63. The van der Waals surface area contributed by atoms with Crippen LogP contribution in [-0.4, -0.2) is 27.6 Å². The second-order valence-electron chi connectivity index (χ2n) is 11.1. The van der Waals surface area contributed by atoms with Crippen molar-refractivity contribution in [3.8, 4) is 17.1 Å². The summed E-state index contributed by atoms with van der Waals surface area (Å²) >= 11 is 6.54. The normalized spacial score (nSPS) is 11.8. The monoisotopic (exact) mass is 588 g/mol. The summed E-state index contributed by atoms with van der Waals surface area (Å²) < 4.78 is 9.36. The van der Waals surface area contributed by atoms with E-state index in [2.05, 4.69) is 43.5 Å². The van der Waals surface area contributed by atoms with Crippen molar-refractivity contribution in [3.05, 3.63) is 128 Å². The molecule has 0 amide bonds. The molecule has 0 spiro atoms. The zero-order valence-corrected chi connectivity index (χ0v) is 25.7. The number of hydrogen-bond acceptors (Lipinski definition) is 4. The zero-order valence-electron chi connectivity index (χ0n) is 24.9. The summed E-state index contributed by atoms with van der Waals surface area (Å²) in [7, 11) is 1.68.